The first kappa shape index (κ1) is 12.4. The van der Waals surface area contributed by atoms with Gasteiger partial charge in [0, 0.05) is 17.3 Å². The second-order valence-corrected chi connectivity index (χ2v) is 5.27. The first-order valence-electron chi connectivity index (χ1n) is 6.52. The second kappa shape index (κ2) is 4.79. The molecule has 2 heterocycles. The van der Waals surface area contributed by atoms with Crippen LogP contribution in [0.3, 0.4) is 0 Å². The van der Waals surface area contributed by atoms with E-state index in [2.05, 4.69) is 22.4 Å². The number of benzene rings is 1. The molecule has 0 bridgehead atoms. The number of fused-ring (bicyclic) bond motifs is 1. The molecule has 3 rings (SSSR count). The topological polar surface area (TPSA) is 43.4 Å². The van der Waals surface area contributed by atoms with Gasteiger partial charge < -0.3 is 14.8 Å². The van der Waals surface area contributed by atoms with Crippen LogP contribution in [0.25, 0.3) is 10.9 Å². The van der Waals surface area contributed by atoms with E-state index in [1.54, 1.807) is 6.20 Å². The molecule has 1 saturated heterocycles. The molecule has 19 heavy (non-hydrogen) atoms. The third kappa shape index (κ3) is 2.85. The highest BCUT2D eigenvalue weighted by molar-refractivity contribution is 5.82. The van der Waals surface area contributed by atoms with E-state index in [9.17, 15) is 0 Å². The van der Waals surface area contributed by atoms with Crippen LogP contribution in [0, 0.1) is 0 Å². The fourth-order valence-corrected chi connectivity index (χ4v) is 2.18. The van der Waals surface area contributed by atoms with Crippen LogP contribution in [0.15, 0.2) is 36.5 Å². The monoisotopic (exact) mass is 258 g/mol. The van der Waals surface area contributed by atoms with Crippen LogP contribution >= 0.6 is 0 Å². The molecule has 0 saturated carbocycles. The average Bonchev–Trinajstić information content (AvgIpc) is 2.41. The molecule has 0 unspecified atom stereocenters. The number of ether oxygens (including phenoxy) is 2. The summed E-state index contributed by atoms with van der Waals surface area (Å²) in [5, 5.41) is 4.56. The first-order chi connectivity index (χ1) is 9.12. The van der Waals surface area contributed by atoms with Crippen LogP contribution in [0.2, 0.25) is 0 Å². The Morgan fingerprint density at radius 2 is 2.00 bits per heavy atom. The summed E-state index contributed by atoms with van der Waals surface area (Å²) in [5.74, 6) is -0.467. The Labute approximate surface area is 112 Å². The molecular formula is C15H18N2O2. The normalized spacial score (nSPS) is 19.5. The van der Waals surface area contributed by atoms with E-state index in [4.69, 9.17) is 9.47 Å². The van der Waals surface area contributed by atoms with E-state index < -0.39 is 5.79 Å². The lowest BCUT2D eigenvalue weighted by atomic mass is 10.2. The standard InChI is InChI=1S/C15H18N2O2/c1-15(2)18-9-13(10-19-15)17-12-5-6-14-11(8-12)4-3-7-16-14/h3-8,13,17H,9-10H2,1-2H3. The molecule has 2 aromatic rings. The predicted octanol–water partition coefficient (Wildman–Crippen LogP) is 2.80. The lowest BCUT2D eigenvalue weighted by Gasteiger charge is -2.35. The Morgan fingerprint density at radius 3 is 2.79 bits per heavy atom. The maximum Gasteiger partial charge on any atom is 0.162 e. The Bertz CT molecular complexity index is 573. The average molecular weight is 258 g/mol. The summed E-state index contributed by atoms with van der Waals surface area (Å²) in [6.07, 6.45) is 1.81. The fraction of sp³-hybridized carbons (Fsp3) is 0.400. The number of hydrogen-bond acceptors (Lipinski definition) is 4. The van der Waals surface area contributed by atoms with Gasteiger partial charge in [-0.2, -0.15) is 0 Å². The molecule has 0 aliphatic carbocycles. The van der Waals surface area contributed by atoms with E-state index in [-0.39, 0.29) is 6.04 Å². The summed E-state index contributed by atoms with van der Waals surface area (Å²) in [6, 6.07) is 10.3. The molecule has 1 aromatic carbocycles. The van der Waals surface area contributed by atoms with Gasteiger partial charge in [-0.1, -0.05) is 6.07 Å². The lowest BCUT2D eigenvalue weighted by molar-refractivity contribution is -0.247. The molecule has 100 valence electrons. The van der Waals surface area contributed by atoms with Gasteiger partial charge in [0.1, 0.15) is 0 Å². The fourth-order valence-electron chi connectivity index (χ4n) is 2.18. The molecule has 0 spiro atoms. The highest BCUT2D eigenvalue weighted by atomic mass is 16.7. The highest BCUT2D eigenvalue weighted by Gasteiger charge is 2.28. The molecule has 0 atom stereocenters. The van der Waals surface area contributed by atoms with Crippen molar-refractivity contribution in [2.45, 2.75) is 25.7 Å². The van der Waals surface area contributed by atoms with E-state index in [0.717, 1.165) is 16.6 Å². The van der Waals surface area contributed by atoms with E-state index in [1.165, 1.54) is 0 Å². The summed E-state index contributed by atoms with van der Waals surface area (Å²) in [7, 11) is 0. The van der Waals surface area contributed by atoms with Crippen LogP contribution < -0.4 is 5.32 Å². The minimum atomic E-state index is -0.467. The number of rotatable bonds is 2. The summed E-state index contributed by atoms with van der Waals surface area (Å²) in [4.78, 5) is 4.31. The van der Waals surface area contributed by atoms with Crippen molar-refractivity contribution < 1.29 is 9.47 Å². The number of pyridine rings is 1. The van der Waals surface area contributed by atoms with Crippen LogP contribution in [0.5, 0.6) is 0 Å². The van der Waals surface area contributed by atoms with Gasteiger partial charge in [-0.05, 0) is 38.1 Å². The van der Waals surface area contributed by atoms with Crippen LogP contribution in [-0.2, 0) is 9.47 Å². The molecule has 0 radical (unpaired) electrons. The van der Waals surface area contributed by atoms with Gasteiger partial charge >= 0.3 is 0 Å². The van der Waals surface area contributed by atoms with Crippen molar-refractivity contribution >= 4 is 16.6 Å². The second-order valence-electron chi connectivity index (χ2n) is 5.27. The highest BCUT2D eigenvalue weighted by Crippen LogP contribution is 2.21. The zero-order chi connectivity index (χ0) is 13.3. The third-order valence-electron chi connectivity index (χ3n) is 3.24. The minimum absolute atomic E-state index is 0.183. The summed E-state index contributed by atoms with van der Waals surface area (Å²) in [6.45, 7) is 5.17. The number of nitrogens with zero attached hydrogens (tertiary/aromatic N) is 1. The van der Waals surface area contributed by atoms with Crippen molar-refractivity contribution in [3.8, 4) is 0 Å². The van der Waals surface area contributed by atoms with E-state index in [0.29, 0.717) is 13.2 Å². The summed E-state index contributed by atoms with van der Waals surface area (Å²) >= 11 is 0. The maximum absolute atomic E-state index is 5.64. The van der Waals surface area contributed by atoms with Crippen LogP contribution in [-0.4, -0.2) is 30.0 Å². The molecule has 1 N–H and O–H groups in total. The summed E-state index contributed by atoms with van der Waals surface area (Å²) in [5.41, 5.74) is 2.07. The van der Waals surface area contributed by atoms with E-state index >= 15 is 0 Å². The lowest BCUT2D eigenvalue weighted by Crippen LogP contribution is -2.45. The molecule has 0 amide bonds. The van der Waals surface area contributed by atoms with Gasteiger partial charge in [-0.3, -0.25) is 4.98 Å². The van der Waals surface area contributed by atoms with E-state index in [1.807, 2.05) is 32.0 Å². The Morgan fingerprint density at radius 1 is 1.21 bits per heavy atom. The zero-order valence-electron chi connectivity index (χ0n) is 11.2. The Balaban J connectivity index is 1.72. The van der Waals surface area contributed by atoms with Crippen LogP contribution in [0.4, 0.5) is 5.69 Å². The molecule has 1 aromatic heterocycles. The SMILES string of the molecule is CC1(C)OCC(Nc2ccc3ncccc3c2)CO1. The third-order valence-corrected chi connectivity index (χ3v) is 3.24. The van der Waals surface area contributed by atoms with Gasteiger partial charge in [0.25, 0.3) is 0 Å². The smallest absolute Gasteiger partial charge is 0.162 e. The molecule has 1 aliphatic rings. The van der Waals surface area contributed by atoms with Crippen molar-refractivity contribution in [2.24, 2.45) is 0 Å². The van der Waals surface area contributed by atoms with Gasteiger partial charge in [0.05, 0.1) is 24.8 Å². The predicted molar refractivity (Wildman–Crippen MR) is 75.1 cm³/mol. The number of nitrogens with one attached hydrogen (secondary N) is 1. The minimum Gasteiger partial charge on any atom is -0.378 e. The zero-order valence-corrected chi connectivity index (χ0v) is 11.2. The van der Waals surface area contributed by atoms with Gasteiger partial charge in [0.2, 0.25) is 0 Å². The van der Waals surface area contributed by atoms with Gasteiger partial charge in [-0.15, -0.1) is 0 Å². The van der Waals surface area contributed by atoms with Gasteiger partial charge in [0.15, 0.2) is 5.79 Å². The number of aromatic nitrogens is 1. The van der Waals surface area contributed by atoms with Crippen molar-refractivity contribution in [2.75, 3.05) is 18.5 Å². The van der Waals surface area contributed by atoms with Crippen LogP contribution in [0.1, 0.15) is 13.8 Å². The maximum atomic E-state index is 5.64. The number of anilines is 1. The van der Waals surface area contributed by atoms with Crippen molar-refractivity contribution in [1.82, 2.24) is 4.98 Å². The summed E-state index contributed by atoms with van der Waals surface area (Å²) < 4.78 is 11.3. The molecule has 4 nitrogen and oxygen atoms in total. The molecule has 1 aliphatic heterocycles. The number of hydrogen-bond donors (Lipinski definition) is 1. The van der Waals surface area contributed by atoms with Crippen molar-refractivity contribution in [3.63, 3.8) is 0 Å². The van der Waals surface area contributed by atoms with Crippen molar-refractivity contribution in [1.29, 1.82) is 0 Å². The quantitative estimate of drug-likeness (QED) is 0.899. The Kier molecular flexibility index (Phi) is 3.12. The van der Waals surface area contributed by atoms with Crippen molar-refractivity contribution in [3.05, 3.63) is 36.5 Å². The molecule has 1 fully saturated rings. The first-order valence-corrected chi connectivity index (χ1v) is 6.52. The van der Waals surface area contributed by atoms with Gasteiger partial charge in [-0.25, -0.2) is 0 Å². The largest absolute Gasteiger partial charge is 0.378 e. The Hall–Kier alpha value is -1.65. The molecule has 4 heteroatoms. The molecular weight excluding hydrogens is 240 g/mol.